The highest BCUT2D eigenvalue weighted by Crippen LogP contribution is 2.21. The zero-order valence-electron chi connectivity index (χ0n) is 13.3. The van der Waals surface area contributed by atoms with Gasteiger partial charge < -0.3 is 10.4 Å². The number of aliphatic hydroxyl groups excluding tert-OH is 1. The monoisotopic (exact) mass is 341 g/mol. The van der Waals surface area contributed by atoms with E-state index in [0.29, 0.717) is 12.4 Å². The Morgan fingerprint density at radius 2 is 2.04 bits per heavy atom. The predicted molar refractivity (Wildman–Crippen MR) is 94.7 cm³/mol. The quantitative estimate of drug-likeness (QED) is 0.644. The van der Waals surface area contributed by atoms with E-state index in [9.17, 15) is 5.11 Å². The molecule has 0 saturated heterocycles. The van der Waals surface area contributed by atoms with E-state index < -0.39 is 6.10 Å². The Morgan fingerprint density at radius 1 is 1.21 bits per heavy atom. The van der Waals surface area contributed by atoms with Gasteiger partial charge in [-0.15, -0.1) is 11.8 Å². The van der Waals surface area contributed by atoms with Gasteiger partial charge in [-0.25, -0.2) is 4.98 Å². The van der Waals surface area contributed by atoms with Gasteiger partial charge in [0.1, 0.15) is 10.8 Å². The molecule has 0 radical (unpaired) electrons. The van der Waals surface area contributed by atoms with Crippen molar-refractivity contribution in [2.24, 2.45) is 7.05 Å². The molecule has 0 amide bonds. The minimum absolute atomic E-state index is 0.354. The Hall–Kier alpha value is -2.38. The number of benzene rings is 1. The molecule has 0 bridgehead atoms. The van der Waals surface area contributed by atoms with Gasteiger partial charge in [0.2, 0.25) is 0 Å². The van der Waals surface area contributed by atoms with E-state index in [-0.39, 0.29) is 0 Å². The number of aryl methyl sites for hydroxylation is 1. The van der Waals surface area contributed by atoms with Crippen LogP contribution in [0.15, 0.2) is 60.1 Å². The SMILES string of the molecule is Cn1cc([C@@H](O)CNc2cncc(SCc3ccccc3)n2)cn1. The highest BCUT2D eigenvalue weighted by atomic mass is 32.2. The van der Waals surface area contributed by atoms with E-state index in [1.165, 1.54) is 5.56 Å². The Labute approximate surface area is 145 Å². The highest BCUT2D eigenvalue weighted by Gasteiger charge is 2.10. The summed E-state index contributed by atoms with van der Waals surface area (Å²) in [6.45, 7) is 0.354. The van der Waals surface area contributed by atoms with Gasteiger partial charge >= 0.3 is 0 Å². The number of aromatic nitrogens is 4. The first kappa shape index (κ1) is 16.5. The minimum Gasteiger partial charge on any atom is -0.386 e. The van der Waals surface area contributed by atoms with Crippen molar-refractivity contribution in [2.75, 3.05) is 11.9 Å². The summed E-state index contributed by atoms with van der Waals surface area (Å²) in [4.78, 5) is 8.72. The molecule has 2 aromatic heterocycles. The third-order valence-corrected chi connectivity index (χ3v) is 4.40. The van der Waals surface area contributed by atoms with Crippen LogP contribution in [0, 0.1) is 0 Å². The van der Waals surface area contributed by atoms with E-state index >= 15 is 0 Å². The molecule has 0 aliphatic rings. The van der Waals surface area contributed by atoms with Crippen LogP contribution < -0.4 is 5.32 Å². The number of aliphatic hydroxyl groups is 1. The molecule has 0 unspecified atom stereocenters. The Kier molecular flexibility index (Phi) is 5.45. The lowest BCUT2D eigenvalue weighted by Gasteiger charge is -2.11. The molecular formula is C17H19N5OS. The van der Waals surface area contributed by atoms with Gasteiger partial charge in [0.15, 0.2) is 0 Å². The summed E-state index contributed by atoms with van der Waals surface area (Å²) >= 11 is 1.63. The molecule has 0 aliphatic carbocycles. The maximum Gasteiger partial charge on any atom is 0.145 e. The van der Waals surface area contributed by atoms with Crippen LogP contribution in [0.25, 0.3) is 0 Å². The van der Waals surface area contributed by atoms with Crippen LogP contribution in [0.4, 0.5) is 5.82 Å². The third kappa shape index (κ3) is 4.56. The highest BCUT2D eigenvalue weighted by molar-refractivity contribution is 7.98. The van der Waals surface area contributed by atoms with Gasteiger partial charge in [-0.1, -0.05) is 30.3 Å². The topological polar surface area (TPSA) is 75.9 Å². The fourth-order valence-corrected chi connectivity index (χ4v) is 2.97. The molecule has 3 aromatic rings. The molecule has 124 valence electrons. The smallest absolute Gasteiger partial charge is 0.145 e. The number of nitrogens with one attached hydrogen (secondary N) is 1. The second-order valence-electron chi connectivity index (χ2n) is 5.36. The van der Waals surface area contributed by atoms with Gasteiger partial charge in [-0.2, -0.15) is 5.10 Å². The van der Waals surface area contributed by atoms with E-state index in [2.05, 4.69) is 32.5 Å². The van der Waals surface area contributed by atoms with Gasteiger partial charge in [-0.05, 0) is 5.56 Å². The molecule has 6 nitrogen and oxygen atoms in total. The fraction of sp³-hybridized carbons (Fsp3) is 0.235. The third-order valence-electron chi connectivity index (χ3n) is 3.43. The first-order chi connectivity index (χ1) is 11.7. The summed E-state index contributed by atoms with van der Waals surface area (Å²) in [6, 6.07) is 10.2. The molecule has 1 atom stereocenters. The van der Waals surface area contributed by atoms with Gasteiger partial charge in [0.05, 0.1) is 24.7 Å². The minimum atomic E-state index is -0.638. The van der Waals surface area contributed by atoms with Crippen molar-refractivity contribution >= 4 is 17.6 Å². The molecule has 2 N–H and O–H groups in total. The zero-order chi connectivity index (χ0) is 16.8. The number of anilines is 1. The Bertz CT molecular complexity index is 777. The average Bonchev–Trinajstić information content (AvgIpc) is 3.06. The summed E-state index contributed by atoms with van der Waals surface area (Å²) in [5.74, 6) is 1.49. The number of hydrogen-bond donors (Lipinski definition) is 2. The Morgan fingerprint density at radius 3 is 2.79 bits per heavy atom. The fourth-order valence-electron chi connectivity index (χ4n) is 2.17. The van der Waals surface area contributed by atoms with E-state index in [1.807, 2.05) is 25.2 Å². The average molecular weight is 341 g/mol. The number of nitrogens with zero attached hydrogens (tertiary/aromatic N) is 4. The molecule has 1 aromatic carbocycles. The maximum atomic E-state index is 10.1. The lowest BCUT2D eigenvalue weighted by Crippen LogP contribution is -2.12. The Balaban J connectivity index is 1.55. The van der Waals surface area contributed by atoms with Gasteiger partial charge in [0.25, 0.3) is 0 Å². The molecule has 2 heterocycles. The first-order valence-electron chi connectivity index (χ1n) is 7.60. The lowest BCUT2D eigenvalue weighted by molar-refractivity contribution is 0.191. The number of thioether (sulfide) groups is 1. The van der Waals surface area contributed by atoms with E-state index in [1.54, 1.807) is 41.2 Å². The summed E-state index contributed by atoms with van der Waals surface area (Å²) in [5, 5.41) is 18.2. The van der Waals surface area contributed by atoms with Crippen LogP contribution in [-0.2, 0) is 12.8 Å². The van der Waals surface area contributed by atoms with Crippen molar-refractivity contribution in [1.29, 1.82) is 0 Å². The van der Waals surface area contributed by atoms with Gasteiger partial charge in [0, 0.05) is 31.1 Å². The van der Waals surface area contributed by atoms with Crippen LogP contribution in [0.1, 0.15) is 17.2 Å². The summed E-state index contributed by atoms with van der Waals surface area (Å²) in [5.41, 5.74) is 2.02. The lowest BCUT2D eigenvalue weighted by atomic mass is 10.2. The number of rotatable bonds is 7. The van der Waals surface area contributed by atoms with Crippen LogP contribution in [0.5, 0.6) is 0 Å². The normalized spacial score (nSPS) is 12.1. The van der Waals surface area contributed by atoms with Crippen molar-refractivity contribution in [2.45, 2.75) is 16.9 Å². The van der Waals surface area contributed by atoms with Gasteiger partial charge in [-0.3, -0.25) is 9.67 Å². The van der Waals surface area contributed by atoms with E-state index in [0.717, 1.165) is 16.3 Å². The first-order valence-corrected chi connectivity index (χ1v) is 8.58. The van der Waals surface area contributed by atoms with Crippen molar-refractivity contribution in [3.8, 4) is 0 Å². The van der Waals surface area contributed by atoms with Crippen LogP contribution in [-0.4, -0.2) is 31.4 Å². The summed E-state index contributed by atoms with van der Waals surface area (Å²) in [6.07, 6.45) is 6.22. The van der Waals surface area contributed by atoms with Crippen LogP contribution in [0.3, 0.4) is 0 Å². The van der Waals surface area contributed by atoms with Crippen molar-refractivity contribution in [3.63, 3.8) is 0 Å². The van der Waals surface area contributed by atoms with Crippen molar-refractivity contribution < 1.29 is 5.11 Å². The van der Waals surface area contributed by atoms with Crippen molar-refractivity contribution in [1.82, 2.24) is 19.7 Å². The van der Waals surface area contributed by atoms with Crippen LogP contribution in [0.2, 0.25) is 0 Å². The molecule has 24 heavy (non-hydrogen) atoms. The second kappa shape index (κ2) is 7.94. The van der Waals surface area contributed by atoms with Crippen LogP contribution >= 0.6 is 11.8 Å². The molecular weight excluding hydrogens is 322 g/mol. The molecule has 0 saturated carbocycles. The zero-order valence-corrected chi connectivity index (χ0v) is 14.1. The molecule has 3 rings (SSSR count). The standard InChI is InChI=1S/C17H19N5OS/c1-22-11-14(7-20-22)15(23)8-19-16-9-18-10-17(21-16)24-12-13-5-3-2-4-6-13/h2-7,9-11,15,23H,8,12H2,1H3,(H,19,21)/t15-/m0/s1. The molecule has 0 spiro atoms. The predicted octanol–water partition coefficient (Wildman–Crippen LogP) is 2.65. The largest absolute Gasteiger partial charge is 0.386 e. The summed E-state index contributed by atoms with van der Waals surface area (Å²) < 4.78 is 1.67. The molecule has 0 aliphatic heterocycles. The van der Waals surface area contributed by atoms with E-state index in [4.69, 9.17) is 0 Å². The molecule has 7 heteroatoms. The number of hydrogen-bond acceptors (Lipinski definition) is 6. The summed E-state index contributed by atoms with van der Waals surface area (Å²) in [7, 11) is 1.82. The molecule has 0 fully saturated rings. The maximum absolute atomic E-state index is 10.1. The second-order valence-corrected chi connectivity index (χ2v) is 6.36. The van der Waals surface area contributed by atoms with Crippen molar-refractivity contribution in [3.05, 3.63) is 66.2 Å².